The van der Waals surface area contributed by atoms with Crippen LogP contribution < -0.4 is 22.1 Å². The van der Waals surface area contributed by atoms with Gasteiger partial charge in [-0.2, -0.15) is 0 Å². The Labute approximate surface area is 86.4 Å². The zero-order valence-corrected chi connectivity index (χ0v) is 8.36. The van der Waals surface area contributed by atoms with Gasteiger partial charge in [-0.1, -0.05) is 5.10 Å². The highest BCUT2D eigenvalue weighted by Crippen LogP contribution is 2.10. The molecule has 0 saturated carbocycles. The number of urea groups is 1. The van der Waals surface area contributed by atoms with E-state index in [1.807, 2.05) is 0 Å². The van der Waals surface area contributed by atoms with E-state index in [-0.39, 0.29) is 12.1 Å². The van der Waals surface area contributed by atoms with Crippen molar-refractivity contribution in [2.24, 2.45) is 11.5 Å². The van der Waals surface area contributed by atoms with E-state index in [1.165, 1.54) is 0 Å². The molecule has 1 aromatic heterocycles. The highest BCUT2D eigenvalue weighted by molar-refractivity contribution is 5.71. The van der Waals surface area contributed by atoms with Gasteiger partial charge in [0, 0.05) is 13.1 Å². The van der Waals surface area contributed by atoms with E-state index in [0.29, 0.717) is 19.0 Å². The van der Waals surface area contributed by atoms with Crippen molar-refractivity contribution in [2.45, 2.75) is 13.0 Å². The molecule has 1 atom stereocenters. The van der Waals surface area contributed by atoms with Crippen molar-refractivity contribution in [3.05, 3.63) is 5.89 Å². The molecule has 0 radical (unpaired) electrons. The van der Waals surface area contributed by atoms with Crippen molar-refractivity contribution < 1.29 is 9.21 Å². The van der Waals surface area contributed by atoms with Gasteiger partial charge in [-0.25, -0.2) is 4.79 Å². The first-order valence-corrected chi connectivity index (χ1v) is 4.45. The van der Waals surface area contributed by atoms with Crippen LogP contribution in [-0.2, 0) is 0 Å². The maximum Gasteiger partial charge on any atom is 0.315 e. The van der Waals surface area contributed by atoms with Gasteiger partial charge in [0.2, 0.25) is 5.89 Å². The van der Waals surface area contributed by atoms with Crippen LogP contribution in [0, 0.1) is 0 Å². The molecule has 1 unspecified atom stereocenters. The van der Waals surface area contributed by atoms with Gasteiger partial charge in [-0.3, -0.25) is 0 Å². The molecule has 0 aliphatic heterocycles. The number of amides is 2. The number of carbonyl (C=O) groups is 1. The molecule has 84 valence electrons. The summed E-state index contributed by atoms with van der Waals surface area (Å²) in [5, 5.41) is 12.6. The molecule has 0 aliphatic rings. The maximum atomic E-state index is 10.3. The molecular formula is C7H14N6O2. The highest BCUT2D eigenvalue weighted by atomic mass is 16.4. The second-order valence-electron chi connectivity index (χ2n) is 2.95. The fourth-order valence-corrected chi connectivity index (χ4v) is 0.845. The van der Waals surface area contributed by atoms with Gasteiger partial charge in [-0.05, 0) is 6.92 Å². The average molecular weight is 214 g/mol. The van der Waals surface area contributed by atoms with Gasteiger partial charge in [0.15, 0.2) is 0 Å². The summed E-state index contributed by atoms with van der Waals surface area (Å²) >= 11 is 0. The first-order chi connectivity index (χ1) is 7.09. The van der Waals surface area contributed by atoms with Crippen LogP contribution in [0.2, 0.25) is 0 Å². The van der Waals surface area contributed by atoms with Crippen LogP contribution in [0.25, 0.3) is 0 Å². The number of aromatic nitrogens is 2. The van der Waals surface area contributed by atoms with Gasteiger partial charge in [0.05, 0.1) is 6.04 Å². The standard InChI is InChI=1S/C7H14N6O2/c1-4(8)5-12-13-7(15-5)11-3-2-10-6(9)14/h4H,2-3,8H2,1H3,(H,11,13)(H3,9,10,14). The number of hydrogen-bond donors (Lipinski definition) is 4. The lowest BCUT2D eigenvalue weighted by molar-refractivity contribution is 0.249. The first-order valence-electron chi connectivity index (χ1n) is 4.45. The third-order valence-electron chi connectivity index (χ3n) is 1.53. The summed E-state index contributed by atoms with van der Waals surface area (Å²) in [4.78, 5) is 10.3. The van der Waals surface area contributed by atoms with Gasteiger partial charge in [0.1, 0.15) is 0 Å². The maximum absolute atomic E-state index is 10.3. The Morgan fingerprint density at radius 2 is 2.27 bits per heavy atom. The van der Waals surface area contributed by atoms with E-state index in [0.717, 1.165) is 0 Å². The van der Waals surface area contributed by atoms with Crippen molar-refractivity contribution in [2.75, 3.05) is 18.4 Å². The van der Waals surface area contributed by atoms with E-state index >= 15 is 0 Å². The average Bonchev–Trinajstić information content (AvgIpc) is 2.60. The second kappa shape index (κ2) is 5.15. The Morgan fingerprint density at radius 3 is 2.80 bits per heavy atom. The Morgan fingerprint density at radius 1 is 1.53 bits per heavy atom. The molecule has 0 saturated heterocycles. The van der Waals surface area contributed by atoms with Crippen LogP contribution in [-0.4, -0.2) is 29.3 Å². The Bertz CT molecular complexity index is 323. The molecule has 6 N–H and O–H groups in total. The number of nitrogens with one attached hydrogen (secondary N) is 2. The summed E-state index contributed by atoms with van der Waals surface area (Å²) < 4.78 is 5.15. The van der Waals surface area contributed by atoms with E-state index in [4.69, 9.17) is 15.9 Å². The first kappa shape index (κ1) is 11.2. The molecular weight excluding hydrogens is 200 g/mol. The van der Waals surface area contributed by atoms with Crippen molar-refractivity contribution in [1.29, 1.82) is 0 Å². The summed E-state index contributed by atoms with van der Waals surface area (Å²) in [6.45, 7) is 2.57. The molecule has 0 aromatic carbocycles. The largest absolute Gasteiger partial charge is 0.406 e. The zero-order valence-electron chi connectivity index (χ0n) is 8.36. The second-order valence-corrected chi connectivity index (χ2v) is 2.95. The molecule has 1 heterocycles. The number of anilines is 1. The summed E-state index contributed by atoms with van der Waals surface area (Å²) in [5.41, 5.74) is 10.4. The van der Waals surface area contributed by atoms with Crippen LogP contribution in [0.15, 0.2) is 4.42 Å². The SMILES string of the molecule is CC(N)c1nnc(NCCNC(N)=O)o1. The third-order valence-corrected chi connectivity index (χ3v) is 1.53. The number of carbonyl (C=O) groups excluding carboxylic acids is 1. The monoisotopic (exact) mass is 214 g/mol. The predicted octanol–water partition coefficient (Wildman–Crippen LogP) is -0.830. The molecule has 15 heavy (non-hydrogen) atoms. The fourth-order valence-electron chi connectivity index (χ4n) is 0.845. The van der Waals surface area contributed by atoms with Gasteiger partial charge < -0.3 is 26.5 Å². The molecule has 1 rings (SSSR count). The summed E-state index contributed by atoms with van der Waals surface area (Å²) in [5.74, 6) is 0.361. The minimum absolute atomic E-state index is 0.272. The Hall–Kier alpha value is -1.83. The number of rotatable bonds is 5. The van der Waals surface area contributed by atoms with Crippen molar-refractivity contribution in [3.8, 4) is 0 Å². The van der Waals surface area contributed by atoms with E-state index in [1.54, 1.807) is 6.92 Å². The molecule has 0 spiro atoms. The normalized spacial score (nSPS) is 12.1. The topological polar surface area (TPSA) is 132 Å². The van der Waals surface area contributed by atoms with Gasteiger partial charge in [0.25, 0.3) is 0 Å². The van der Waals surface area contributed by atoms with E-state index in [2.05, 4.69) is 20.8 Å². The van der Waals surface area contributed by atoms with Crippen LogP contribution in [0.1, 0.15) is 18.9 Å². The number of nitrogens with zero attached hydrogens (tertiary/aromatic N) is 2. The fraction of sp³-hybridized carbons (Fsp3) is 0.571. The quantitative estimate of drug-likeness (QED) is 0.473. The summed E-state index contributed by atoms with van der Waals surface area (Å²) in [6.07, 6.45) is 0. The van der Waals surface area contributed by atoms with Crippen LogP contribution in [0.5, 0.6) is 0 Å². The summed E-state index contributed by atoms with van der Waals surface area (Å²) in [6, 6.07) is -0.594. The van der Waals surface area contributed by atoms with Crippen molar-refractivity contribution >= 4 is 12.0 Å². The molecule has 0 fully saturated rings. The van der Waals surface area contributed by atoms with E-state index < -0.39 is 6.03 Å². The molecule has 8 heteroatoms. The van der Waals surface area contributed by atoms with Crippen molar-refractivity contribution in [1.82, 2.24) is 15.5 Å². The minimum Gasteiger partial charge on any atom is -0.406 e. The summed E-state index contributed by atoms with van der Waals surface area (Å²) in [7, 11) is 0. The molecule has 2 amide bonds. The third kappa shape index (κ3) is 3.81. The highest BCUT2D eigenvalue weighted by Gasteiger charge is 2.08. The smallest absolute Gasteiger partial charge is 0.315 e. The minimum atomic E-state index is -0.571. The number of nitrogens with two attached hydrogens (primary N) is 2. The zero-order chi connectivity index (χ0) is 11.3. The predicted molar refractivity (Wildman–Crippen MR) is 53.0 cm³/mol. The van der Waals surface area contributed by atoms with E-state index in [9.17, 15) is 4.79 Å². The van der Waals surface area contributed by atoms with Crippen molar-refractivity contribution in [3.63, 3.8) is 0 Å². The lowest BCUT2D eigenvalue weighted by atomic mass is 10.4. The van der Waals surface area contributed by atoms with Crippen LogP contribution in [0.3, 0.4) is 0 Å². The van der Waals surface area contributed by atoms with Gasteiger partial charge in [-0.15, -0.1) is 5.10 Å². The molecule has 8 nitrogen and oxygen atoms in total. The Balaban J connectivity index is 2.28. The van der Waals surface area contributed by atoms with Crippen LogP contribution >= 0.6 is 0 Å². The number of primary amides is 1. The number of hydrogen-bond acceptors (Lipinski definition) is 6. The Kier molecular flexibility index (Phi) is 3.86. The molecule has 1 aromatic rings. The molecule has 0 aliphatic carbocycles. The van der Waals surface area contributed by atoms with Gasteiger partial charge >= 0.3 is 12.0 Å². The lowest BCUT2D eigenvalue weighted by Gasteiger charge is -2.01. The molecule has 0 bridgehead atoms. The van der Waals surface area contributed by atoms with Crippen LogP contribution in [0.4, 0.5) is 10.8 Å². The lowest BCUT2D eigenvalue weighted by Crippen LogP contribution is -2.33.